The van der Waals surface area contributed by atoms with Crippen LogP contribution in [0.15, 0.2) is 40.2 Å². The van der Waals surface area contributed by atoms with Crippen molar-refractivity contribution in [1.29, 1.82) is 0 Å². The number of aromatic nitrogens is 2. The van der Waals surface area contributed by atoms with Gasteiger partial charge in [0.15, 0.2) is 0 Å². The normalized spacial score (nSPS) is 14.5. The van der Waals surface area contributed by atoms with E-state index in [1.54, 1.807) is 11.3 Å². The molecule has 5 heteroatoms. The summed E-state index contributed by atoms with van der Waals surface area (Å²) in [6, 6.07) is 10.8. The molecule has 1 aromatic carbocycles. The van der Waals surface area contributed by atoms with Crippen molar-refractivity contribution in [3.8, 4) is 0 Å². The fraction of sp³-hybridized carbons (Fsp3) is 0.312. The van der Waals surface area contributed by atoms with Gasteiger partial charge in [0.05, 0.1) is 16.4 Å². The van der Waals surface area contributed by atoms with Crippen LogP contribution in [-0.4, -0.2) is 9.55 Å². The second-order valence-electron chi connectivity index (χ2n) is 5.22. The van der Waals surface area contributed by atoms with E-state index >= 15 is 0 Å². The number of hydrogen-bond donors (Lipinski definition) is 0. The van der Waals surface area contributed by atoms with E-state index in [2.05, 4.69) is 51.0 Å². The average molecular weight is 384 g/mol. The lowest BCUT2D eigenvalue weighted by molar-refractivity contribution is 0.538. The largest absolute Gasteiger partial charge is 0.324 e. The van der Waals surface area contributed by atoms with Gasteiger partial charge in [-0.25, -0.2) is 4.98 Å². The van der Waals surface area contributed by atoms with E-state index in [-0.39, 0.29) is 5.38 Å². The summed E-state index contributed by atoms with van der Waals surface area (Å²) >= 11 is 11.7. The number of imidazole rings is 1. The Kier molecular flexibility index (Phi) is 4.38. The first-order valence-corrected chi connectivity index (χ1v) is 9.01. The third kappa shape index (κ3) is 3.03. The molecule has 21 heavy (non-hydrogen) atoms. The first-order valence-electron chi connectivity index (χ1n) is 6.90. The van der Waals surface area contributed by atoms with Crippen LogP contribution in [0.25, 0.3) is 11.0 Å². The van der Waals surface area contributed by atoms with Gasteiger partial charge in [0.25, 0.3) is 0 Å². The van der Waals surface area contributed by atoms with Gasteiger partial charge in [-0.1, -0.05) is 22.0 Å². The zero-order valence-electron chi connectivity index (χ0n) is 11.9. The van der Waals surface area contributed by atoms with Gasteiger partial charge in [-0.2, -0.15) is 0 Å². The molecule has 0 N–H and O–H groups in total. The third-order valence-electron chi connectivity index (χ3n) is 3.55. The Balaban J connectivity index is 2.09. The summed E-state index contributed by atoms with van der Waals surface area (Å²) < 4.78 is 3.34. The summed E-state index contributed by atoms with van der Waals surface area (Å²) in [5.74, 6) is 0.939. The van der Waals surface area contributed by atoms with E-state index in [4.69, 9.17) is 16.6 Å². The van der Waals surface area contributed by atoms with Crippen LogP contribution in [0.5, 0.6) is 0 Å². The molecule has 2 unspecified atom stereocenters. The maximum absolute atomic E-state index is 6.35. The van der Waals surface area contributed by atoms with Crippen molar-refractivity contribution in [3.05, 3.63) is 50.9 Å². The average Bonchev–Trinajstić information content (AvgIpc) is 3.04. The van der Waals surface area contributed by atoms with Crippen LogP contribution in [0.3, 0.4) is 0 Å². The van der Waals surface area contributed by atoms with Crippen LogP contribution in [0.2, 0.25) is 0 Å². The van der Waals surface area contributed by atoms with Gasteiger partial charge in [0, 0.05) is 21.8 Å². The molecular weight excluding hydrogens is 368 g/mol. The molecule has 0 saturated heterocycles. The van der Waals surface area contributed by atoms with Crippen molar-refractivity contribution in [2.24, 2.45) is 0 Å². The minimum absolute atomic E-state index is 0.109. The van der Waals surface area contributed by atoms with Crippen LogP contribution in [0.1, 0.15) is 36.0 Å². The van der Waals surface area contributed by atoms with Crippen molar-refractivity contribution in [2.45, 2.75) is 31.7 Å². The first kappa shape index (κ1) is 15.1. The van der Waals surface area contributed by atoms with Gasteiger partial charge >= 0.3 is 0 Å². The summed E-state index contributed by atoms with van der Waals surface area (Å²) in [6.07, 6.45) is 0.992. The Hall–Kier alpha value is -0.840. The Labute approximate surface area is 141 Å². The second-order valence-corrected chi connectivity index (χ2v) is 7.82. The van der Waals surface area contributed by atoms with E-state index in [1.165, 1.54) is 4.88 Å². The van der Waals surface area contributed by atoms with Crippen molar-refractivity contribution in [2.75, 3.05) is 0 Å². The summed E-state index contributed by atoms with van der Waals surface area (Å²) in [4.78, 5) is 6.10. The molecule has 0 aliphatic rings. The Bertz CT molecular complexity index is 749. The summed E-state index contributed by atoms with van der Waals surface area (Å²) in [5, 5.41) is 2.01. The van der Waals surface area contributed by atoms with E-state index in [0.29, 0.717) is 6.04 Å². The first-order chi connectivity index (χ1) is 10.1. The van der Waals surface area contributed by atoms with Crippen molar-refractivity contribution in [3.63, 3.8) is 0 Å². The molecule has 3 rings (SSSR count). The molecule has 0 saturated carbocycles. The Morgan fingerprint density at radius 3 is 2.81 bits per heavy atom. The summed E-state index contributed by atoms with van der Waals surface area (Å²) in [7, 11) is 0. The third-order valence-corrected chi connectivity index (χ3v) is 5.14. The lowest BCUT2D eigenvalue weighted by atomic mass is 10.2. The number of fused-ring (bicyclic) bond motifs is 1. The number of nitrogens with zero attached hydrogens (tertiary/aromatic N) is 2. The van der Waals surface area contributed by atoms with Crippen molar-refractivity contribution >= 4 is 49.9 Å². The number of alkyl halides is 1. The molecule has 2 nitrogen and oxygen atoms in total. The molecular formula is C16H16BrClN2S. The molecule has 0 amide bonds. The number of rotatable bonds is 4. The smallest absolute Gasteiger partial charge is 0.127 e. The molecule has 0 fully saturated rings. The highest BCUT2D eigenvalue weighted by atomic mass is 79.9. The van der Waals surface area contributed by atoms with Crippen molar-refractivity contribution < 1.29 is 0 Å². The lowest BCUT2D eigenvalue weighted by Gasteiger charge is -2.18. The van der Waals surface area contributed by atoms with Gasteiger partial charge in [-0.3, -0.25) is 0 Å². The van der Waals surface area contributed by atoms with Gasteiger partial charge in [0.2, 0.25) is 0 Å². The minimum atomic E-state index is -0.109. The van der Waals surface area contributed by atoms with E-state index in [1.807, 2.05) is 19.1 Å². The standard InChI is InChI=1S/C16H16BrClN2S/c1-10(8-13-4-3-7-21-13)20-15-9-12(17)5-6-14(15)19-16(20)11(2)18/h3-7,9-11H,8H2,1-2H3. The molecule has 2 heterocycles. The predicted molar refractivity (Wildman–Crippen MR) is 94.4 cm³/mol. The number of halogens is 2. The molecule has 0 bridgehead atoms. The van der Waals surface area contributed by atoms with Gasteiger partial charge in [-0.15, -0.1) is 22.9 Å². The molecule has 0 aliphatic carbocycles. The van der Waals surface area contributed by atoms with Gasteiger partial charge in [-0.05, 0) is 43.5 Å². The van der Waals surface area contributed by atoms with Crippen molar-refractivity contribution in [1.82, 2.24) is 9.55 Å². The van der Waals surface area contributed by atoms with Crippen LogP contribution in [0, 0.1) is 0 Å². The van der Waals surface area contributed by atoms with Crippen LogP contribution in [-0.2, 0) is 6.42 Å². The fourth-order valence-corrected chi connectivity index (χ4v) is 3.97. The van der Waals surface area contributed by atoms with Crippen LogP contribution >= 0.6 is 38.9 Å². The minimum Gasteiger partial charge on any atom is -0.324 e. The fourth-order valence-electron chi connectivity index (χ4n) is 2.64. The highest BCUT2D eigenvalue weighted by Gasteiger charge is 2.19. The van der Waals surface area contributed by atoms with Gasteiger partial charge in [0.1, 0.15) is 5.82 Å². The Morgan fingerprint density at radius 1 is 1.33 bits per heavy atom. The number of thiophene rings is 1. The summed E-state index contributed by atoms with van der Waals surface area (Å²) in [6.45, 7) is 4.21. The predicted octanol–water partition coefficient (Wildman–Crippen LogP) is 5.96. The molecule has 0 spiro atoms. The number of benzene rings is 1. The molecule has 0 radical (unpaired) electrons. The molecule has 2 aromatic heterocycles. The molecule has 0 aliphatic heterocycles. The quantitative estimate of drug-likeness (QED) is 0.508. The second kappa shape index (κ2) is 6.11. The van der Waals surface area contributed by atoms with E-state index in [0.717, 1.165) is 27.8 Å². The highest BCUT2D eigenvalue weighted by Crippen LogP contribution is 2.31. The van der Waals surface area contributed by atoms with E-state index in [9.17, 15) is 0 Å². The SMILES string of the molecule is CC(Cl)c1nc2ccc(Br)cc2n1C(C)Cc1cccs1. The molecule has 110 valence electrons. The van der Waals surface area contributed by atoms with Crippen LogP contribution < -0.4 is 0 Å². The summed E-state index contributed by atoms with van der Waals surface area (Å²) in [5.41, 5.74) is 2.13. The molecule has 2 atom stereocenters. The van der Waals surface area contributed by atoms with Crippen LogP contribution in [0.4, 0.5) is 0 Å². The maximum Gasteiger partial charge on any atom is 0.127 e. The van der Waals surface area contributed by atoms with Gasteiger partial charge < -0.3 is 4.57 Å². The Morgan fingerprint density at radius 2 is 2.14 bits per heavy atom. The lowest BCUT2D eigenvalue weighted by Crippen LogP contribution is -2.12. The zero-order valence-corrected chi connectivity index (χ0v) is 15.0. The topological polar surface area (TPSA) is 17.8 Å². The van der Waals surface area contributed by atoms with E-state index < -0.39 is 0 Å². The molecule has 3 aromatic rings. The highest BCUT2D eigenvalue weighted by molar-refractivity contribution is 9.10. The zero-order chi connectivity index (χ0) is 15.0. The monoisotopic (exact) mass is 382 g/mol. The number of hydrogen-bond acceptors (Lipinski definition) is 2. The maximum atomic E-state index is 6.35.